The van der Waals surface area contributed by atoms with Gasteiger partial charge in [0, 0.05) is 16.8 Å². The highest BCUT2D eigenvalue weighted by molar-refractivity contribution is 7.20. The van der Waals surface area contributed by atoms with Crippen LogP contribution in [0.15, 0.2) is 41.0 Å². The Morgan fingerprint density at radius 3 is 3.00 bits per heavy atom. The molecule has 0 fully saturated rings. The molecule has 3 heterocycles. The van der Waals surface area contributed by atoms with Crippen LogP contribution in [0.5, 0.6) is 0 Å². The number of hydrogen-bond donors (Lipinski definition) is 2. The van der Waals surface area contributed by atoms with E-state index in [0.717, 1.165) is 33.9 Å². The molecule has 5 nitrogen and oxygen atoms in total. The summed E-state index contributed by atoms with van der Waals surface area (Å²) in [5, 5.41) is 13.3. The normalized spacial score (nSPS) is 19.6. The Bertz CT molecular complexity index is 1000. The molecule has 3 aromatic rings. The van der Waals surface area contributed by atoms with Crippen LogP contribution in [0.1, 0.15) is 35.1 Å². The number of hydrogen-bond acceptors (Lipinski definition) is 6. The number of rotatable bonds is 4. The van der Waals surface area contributed by atoms with Crippen molar-refractivity contribution in [3.05, 3.63) is 58.0 Å². The monoisotopic (exact) mass is 384 g/mol. The fourth-order valence-electron chi connectivity index (χ4n) is 3.22. The molecule has 7 heteroatoms. The van der Waals surface area contributed by atoms with Crippen LogP contribution in [0.25, 0.3) is 10.2 Å². The van der Waals surface area contributed by atoms with Crippen molar-refractivity contribution in [1.29, 1.82) is 5.26 Å². The fraction of sp³-hybridized carbons (Fsp3) is 0.263. The number of nitriles is 1. The lowest BCUT2D eigenvalue weighted by Crippen LogP contribution is -2.29. The van der Waals surface area contributed by atoms with E-state index in [1.165, 1.54) is 0 Å². The van der Waals surface area contributed by atoms with E-state index >= 15 is 0 Å². The highest BCUT2D eigenvalue weighted by Gasteiger charge is 2.27. The maximum Gasteiger partial charge on any atom is 0.143 e. The fourth-order valence-corrected chi connectivity index (χ4v) is 4.98. The third-order valence-electron chi connectivity index (χ3n) is 4.58. The number of aromatic nitrogens is 1. The van der Waals surface area contributed by atoms with Crippen LogP contribution in [-0.4, -0.2) is 11.0 Å². The van der Waals surface area contributed by atoms with Crippen LogP contribution in [0.2, 0.25) is 5.02 Å². The minimum absolute atomic E-state index is 0.0422. The van der Waals surface area contributed by atoms with Crippen molar-refractivity contribution >= 4 is 38.8 Å². The number of allylic oxidation sites excluding steroid dienone is 1. The van der Waals surface area contributed by atoms with Gasteiger partial charge in [-0.3, -0.25) is 0 Å². The molecular weight excluding hydrogens is 368 g/mol. The van der Waals surface area contributed by atoms with Crippen LogP contribution in [0.3, 0.4) is 0 Å². The maximum atomic E-state index is 9.33. The summed E-state index contributed by atoms with van der Waals surface area (Å²) in [6.45, 7) is 0.521. The average Bonchev–Trinajstić information content (AvgIpc) is 3.28. The van der Waals surface area contributed by atoms with E-state index < -0.39 is 0 Å². The molecule has 1 aliphatic carbocycles. The third kappa shape index (κ3) is 3.10. The summed E-state index contributed by atoms with van der Waals surface area (Å²) in [5.41, 5.74) is 8.14. The molecule has 0 saturated heterocycles. The lowest BCUT2D eigenvalue weighted by molar-refractivity contribution is 0.518. The first-order chi connectivity index (χ1) is 12.7. The van der Waals surface area contributed by atoms with Gasteiger partial charge in [0.05, 0.1) is 28.2 Å². The molecule has 0 saturated carbocycles. The van der Waals surface area contributed by atoms with Crippen molar-refractivity contribution in [1.82, 2.24) is 4.98 Å². The Kier molecular flexibility index (Phi) is 4.68. The predicted molar refractivity (Wildman–Crippen MR) is 104 cm³/mol. The molecule has 1 aliphatic rings. The zero-order valence-corrected chi connectivity index (χ0v) is 15.5. The van der Waals surface area contributed by atoms with E-state index in [-0.39, 0.29) is 12.0 Å². The van der Waals surface area contributed by atoms with E-state index in [1.807, 2.05) is 12.1 Å². The van der Waals surface area contributed by atoms with Crippen LogP contribution < -0.4 is 11.1 Å². The summed E-state index contributed by atoms with van der Waals surface area (Å²) in [7, 11) is 0. The number of pyridine rings is 1. The second-order valence-corrected chi connectivity index (χ2v) is 7.70. The van der Waals surface area contributed by atoms with E-state index in [4.69, 9.17) is 21.8 Å². The lowest BCUT2D eigenvalue weighted by atomic mass is 9.88. The van der Waals surface area contributed by atoms with Crippen molar-refractivity contribution in [3.63, 3.8) is 0 Å². The van der Waals surface area contributed by atoms with Crippen LogP contribution >= 0.6 is 22.9 Å². The third-order valence-corrected chi connectivity index (χ3v) is 6.41. The summed E-state index contributed by atoms with van der Waals surface area (Å²) in [4.78, 5) is 5.48. The second-order valence-electron chi connectivity index (χ2n) is 6.27. The highest BCUT2D eigenvalue weighted by Crippen LogP contribution is 2.45. The number of thiophene rings is 1. The summed E-state index contributed by atoms with van der Waals surface area (Å²) in [5.74, 6) is 0.992. The van der Waals surface area contributed by atoms with Crippen molar-refractivity contribution in [2.75, 3.05) is 5.32 Å². The molecule has 2 atom stereocenters. The summed E-state index contributed by atoms with van der Waals surface area (Å²) < 4.78 is 6.31. The van der Waals surface area contributed by atoms with E-state index in [1.54, 1.807) is 23.7 Å². The first kappa shape index (κ1) is 17.1. The Balaban J connectivity index is 1.77. The van der Waals surface area contributed by atoms with Gasteiger partial charge >= 0.3 is 0 Å². The van der Waals surface area contributed by atoms with Gasteiger partial charge in [0.1, 0.15) is 23.0 Å². The molecule has 3 aromatic heterocycles. The second kappa shape index (κ2) is 7.12. The topological polar surface area (TPSA) is 87.9 Å². The summed E-state index contributed by atoms with van der Waals surface area (Å²) >= 11 is 8.28. The Morgan fingerprint density at radius 1 is 1.42 bits per heavy atom. The van der Waals surface area contributed by atoms with Gasteiger partial charge in [-0.15, -0.1) is 11.3 Å². The van der Waals surface area contributed by atoms with Crippen LogP contribution in [-0.2, 0) is 6.54 Å². The molecule has 0 aliphatic heterocycles. The smallest absolute Gasteiger partial charge is 0.143 e. The molecular formula is C19H17ClN4OS. The molecule has 3 N–H and O–H groups in total. The van der Waals surface area contributed by atoms with Gasteiger partial charge in [-0.05, 0) is 31.0 Å². The Labute approximate surface area is 160 Å². The van der Waals surface area contributed by atoms with Crippen molar-refractivity contribution < 1.29 is 4.42 Å². The minimum atomic E-state index is 0.0422. The number of halogens is 1. The van der Waals surface area contributed by atoms with Gasteiger partial charge in [-0.1, -0.05) is 23.8 Å². The highest BCUT2D eigenvalue weighted by atomic mass is 35.5. The van der Waals surface area contributed by atoms with Gasteiger partial charge in [0.25, 0.3) is 0 Å². The van der Waals surface area contributed by atoms with Gasteiger partial charge in [-0.2, -0.15) is 5.26 Å². The molecule has 0 unspecified atom stereocenters. The molecule has 4 rings (SSSR count). The van der Waals surface area contributed by atoms with Crippen molar-refractivity contribution in [2.24, 2.45) is 5.73 Å². The molecule has 0 radical (unpaired) electrons. The largest absolute Gasteiger partial charge is 0.467 e. The van der Waals surface area contributed by atoms with Crippen molar-refractivity contribution in [3.8, 4) is 6.07 Å². The summed E-state index contributed by atoms with van der Waals surface area (Å²) in [6, 6.07) is 7.65. The molecule has 0 amide bonds. The molecule has 0 aromatic carbocycles. The molecule has 132 valence electrons. The molecule has 26 heavy (non-hydrogen) atoms. The number of nitrogens with zero attached hydrogens (tertiary/aromatic N) is 2. The number of nitrogens with one attached hydrogen (secondary N) is 1. The first-order valence-electron chi connectivity index (χ1n) is 8.37. The zero-order chi connectivity index (χ0) is 18.1. The summed E-state index contributed by atoms with van der Waals surface area (Å²) in [6.07, 6.45) is 7.62. The minimum Gasteiger partial charge on any atom is -0.467 e. The Hall–Kier alpha value is -2.33. The van der Waals surface area contributed by atoms with E-state index in [0.29, 0.717) is 22.8 Å². The predicted octanol–water partition coefficient (Wildman–Crippen LogP) is 4.79. The van der Waals surface area contributed by atoms with Gasteiger partial charge in [-0.25, -0.2) is 4.98 Å². The number of fused-ring (bicyclic) bond motifs is 1. The molecule has 0 spiro atoms. The SMILES string of the molecule is N#Cc1cc(NCc2ccco2)c2sc([C@@H]3CC=CC[C@H]3N)c(Cl)c2n1. The van der Waals surface area contributed by atoms with E-state index in [2.05, 4.69) is 28.5 Å². The van der Waals surface area contributed by atoms with Crippen molar-refractivity contribution in [2.45, 2.75) is 31.3 Å². The quantitative estimate of drug-likeness (QED) is 0.631. The standard InChI is InChI=1S/C19H17ClN4OS/c20-16-17-19(26-18(16)13-5-1-2-6-14(13)22)15(8-11(9-21)24-17)23-10-12-4-3-7-25-12/h1-4,7-8,13-14H,5-6,10,22H2,(H,23,24)/t13-,14-/m1/s1. The number of furan rings is 1. The molecule has 0 bridgehead atoms. The first-order valence-corrected chi connectivity index (χ1v) is 9.56. The van der Waals surface area contributed by atoms with Gasteiger partial charge in [0.2, 0.25) is 0 Å². The maximum absolute atomic E-state index is 9.33. The van der Waals surface area contributed by atoms with Crippen LogP contribution in [0.4, 0.5) is 5.69 Å². The van der Waals surface area contributed by atoms with E-state index in [9.17, 15) is 5.26 Å². The number of anilines is 1. The average molecular weight is 385 g/mol. The van der Waals surface area contributed by atoms with Crippen LogP contribution in [0, 0.1) is 11.3 Å². The zero-order valence-electron chi connectivity index (χ0n) is 13.9. The number of nitrogens with two attached hydrogens (primary N) is 1. The lowest BCUT2D eigenvalue weighted by Gasteiger charge is -2.24. The van der Waals surface area contributed by atoms with Gasteiger partial charge < -0.3 is 15.5 Å². The Morgan fingerprint density at radius 2 is 2.27 bits per heavy atom. The van der Waals surface area contributed by atoms with Gasteiger partial charge in [0.15, 0.2) is 0 Å².